The fourth-order valence-electron chi connectivity index (χ4n) is 4.65. The number of fused-ring (bicyclic) bond motifs is 1. The highest BCUT2D eigenvalue weighted by Gasteiger charge is 2.28. The Hall–Kier alpha value is -3.91. The van der Waals surface area contributed by atoms with Gasteiger partial charge < -0.3 is 19.7 Å². The predicted molar refractivity (Wildman–Crippen MR) is 155 cm³/mol. The number of hydrogen-bond acceptors (Lipinski definition) is 9. The first-order valence-electron chi connectivity index (χ1n) is 13.1. The molecular formula is C29H27ClN6O3S. The molecule has 0 radical (unpaired) electrons. The molecule has 6 rings (SSSR count). The molecule has 2 fully saturated rings. The molecule has 4 aromatic rings. The summed E-state index contributed by atoms with van der Waals surface area (Å²) in [6.07, 6.45) is 5.65. The third-order valence-electron chi connectivity index (χ3n) is 6.70. The summed E-state index contributed by atoms with van der Waals surface area (Å²) in [6, 6.07) is 13.1. The van der Waals surface area contributed by atoms with E-state index in [0.29, 0.717) is 36.2 Å². The molecule has 0 spiro atoms. The van der Waals surface area contributed by atoms with Crippen LogP contribution in [0.5, 0.6) is 5.75 Å². The lowest BCUT2D eigenvalue weighted by Gasteiger charge is -2.18. The van der Waals surface area contributed by atoms with Crippen LogP contribution in [0.3, 0.4) is 0 Å². The van der Waals surface area contributed by atoms with E-state index < -0.39 is 0 Å². The Morgan fingerprint density at radius 2 is 2.08 bits per heavy atom. The summed E-state index contributed by atoms with van der Waals surface area (Å²) >= 11 is 8.01. The van der Waals surface area contributed by atoms with Crippen LogP contribution < -0.4 is 15.4 Å². The van der Waals surface area contributed by atoms with Crippen LogP contribution in [0.1, 0.15) is 29.8 Å². The quantitative estimate of drug-likeness (QED) is 0.296. The minimum atomic E-state index is -0.214. The number of aromatic nitrogens is 3. The SMILES string of the molecule is O=C(O[C@@H]1CN[C@H](C#Cc2cc3ncnc(Nc4ccc(OCc5ccccn5)c(Cl)c4)c3s2)C1)N1CCCC1. The summed E-state index contributed by atoms with van der Waals surface area (Å²) in [4.78, 5) is 28.1. The van der Waals surface area contributed by atoms with Gasteiger partial charge in [-0.05, 0) is 49.2 Å². The number of hydrogen-bond donors (Lipinski definition) is 2. The molecule has 1 aromatic carbocycles. The number of amides is 1. The molecule has 0 aliphatic carbocycles. The van der Waals surface area contributed by atoms with Gasteiger partial charge in [-0.15, -0.1) is 11.3 Å². The summed E-state index contributed by atoms with van der Waals surface area (Å²) in [5.74, 6) is 7.79. The first-order chi connectivity index (χ1) is 19.6. The number of benzene rings is 1. The number of rotatable bonds is 6. The van der Waals surface area contributed by atoms with E-state index >= 15 is 0 Å². The summed E-state index contributed by atoms with van der Waals surface area (Å²) < 4.78 is 12.4. The Bertz CT molecular complexity index is 1560. The third-order valence-corrected chi connectivity index (χ3v) is 8.04. The summed E-state index contributed by atoms with van der Waals surface area (Å²) in [6.45, 7) is 2.51. The Morgan fingerprint density at radius 1 is 1.18 bits per heavy atom. The van der Waals surface area contributed by atoms with Crippen LogP contribution in [0.4, 0.5) is 16.3 Å². The zero-order valence-corrected chi connectivity index (χ0v) is 23.2. The van der Waals surface area contributed by atoms with E-state index in [1.807, 2.05) is 36.4 Å². The van der Waals surface area contributed by atoms with Crippen molar-refractivity contribution >= 4 is 50.8 Å². The van der Waals surface area contributed by atoms with Crippen molar-refractivity contribution in [3.8, 4) is 17.6 Å². The van der Waals surface area contributed by atoms with Gasteiger partial charge >= 0.3 is 6.09 Å². The molecule has 2 saturated heterocycles. The topological polar surface area (TPSA) is 102 Å². The molecule has 40 heavy (non-hydrogen) atoms. The first-order valence-corrected chi connectivity index (χ1v) is 14.3. The second-order valence-corrected chi connectivity index (χ2v) is 11.1. The predicted octanol–water partition coefficient (Wildman–Crippen LogP) is 5.38. The summed E-state index contributed by atoms with van der Waals surface area (Å²) in [5, 5.41) is 7.17. The van der Waals surface area contributed by atoms with Gasteiger partial charge in [-0.3, -0.25) is 10.3 Å². The van der Waals surface area contributed by atoms with E-state index in [9.17, 15) is 4.79 Å². The molecule has 5 heterocycles. The van der Waals surface area contributed by atoms with Crippen molar-refractivity contribution in [1.82, 2.24) is 25.2 Å². The van der Waals surface area contributed by atoms with Crippen molar-refractivity contribution < 1.29 is 14.3 Å². The molecular weight excluding hydrogens is 548 g/mol. The number of pyridine rings is 1. The van der Waals surface area contributed by atoms with Gasteiger partial charge in [0.1, 0.15) is 24.8 Å². The fraction of sp³-hybridized carbons (Fsp3) is 0.310. The van der Waals surface area contributed by atoms with Gasteiger partial charge in [0.05, 0.1) is 31.9 Å². The Kier molecular flexibility index (Phi) is 7.95. The van der Waals surface area contributed by atoms with E-state index in [2.05, 4.69) is 37.4 Å². The lowest BCUT2D eigenvalue weighted by Crippen LogP contribution is -2.32. The van der Waals surface area contributed by atoms with Crippen molar-refractivity contribution in [1.29, 1.82) is 0 Å². The standard InChI is InChI=1S/C29H27ClN6O3S/c30-24-14-20(7-9-26(24)38-17-21-5-1-2-10-31-21)35-28-27-25(33-18-34-28)15-23(40-27)8-6-19-13-22(16-32-19)39-29(37)36-11-3-4-12-36/h1-2,5,7,9-10,14-15,18-19,22,32H,3-4,11-13,16-17H2,(H,33,34,35)/t19-,22+/m1/s1. The van der Waals surface area contributed by atoms with Crippen molar-refractivity contribution in [2.45, 2.75) is 38.0 Å². The average Bonchev–Trinajstić information content (AvgIpc) is 3.74. The zero-order valence-electron chi connectivity index (χ0n) is 21.6. The van der Waals surface area contributed by atoms with Gasteiger partial charge in [0.25, 0.3) is 0 Å². The lowest BCUT2D eigenvalue weighted by atomic mass is 10.2. The fourth-order valence-corrected chi connectivity index (χ4v) is 5.80. The highest BCUT2D eigenvalue weighted by molar-refractivity contribution is 7.20. The molecule has 11 heteroatoms. The number of thiophene rings is 1. The molecule has 2 N–H and O–H groups in total. The normalized spacial score (nSPS) is 18.4. The van der Waals surface area contributed by atoms with Gasteiger partial charge in [0, 0.05) is 37.9 Å². The number of carbonyl (C=O) groups excluding carboxylic acids is 1. The van der Waals surface area contributed by atoms with Gasteiger partial charge in [0.2, 0.25) is 0 Å². The van der Waals surface area contributed by atoms with E-state index in [0.717, 1.165) is 52.4 Å². The van der Waals surface area contributed by atoms with Gasteiger partial charge in [-0.2, -0.15) is 0 Å². The van der Waals surface area contributed by atoms with Gasteiger partial charge in [-0.25, -0.2) is 14.8 Å². The molecule has 2 aliphatic rings. The molecule has 0 bridgehead atoms. The maximum absolute atomic E-state index is 12.3. The van der Waals surface area contributed by atoms with Crippen LogP contribution in [-0.2, 0) is 11.3 Å². The second-order valence-electron chi connectivity index (χ2n) is 9.59. The van der Waals surface area contributed by atoms with Crippen LogP contribution in [0.15, 0.2) is 55.0 Å². The molecule has 2 atom stereocenters. The number of likely N-dealkylation sites (tertiary alicyclic amines) is 1. The van der Waals surface area contributed by atoms with E-state index in [1.54, 1.807) is 17.2 Å². The van der Waals surface area contributed by atoms with Crippen molar-refractivity contribution in [2.75, 3.05) is 25.0 Å². The second kappa shape index (κ2) is 12.1. The van der Waals surface area contributed by atoms with Crippen LogP contribution in [0.2, 0.25) is 5.02 Å². The third kappa shape index (κ3) is 6.28. The van der Waals surface area contributed by atoms with Crippen molar-refractivity contribution in [3.63, 3.8) is 0 Å². The number of anilines is 2. The number of nitrogens with zero attached hydrogens (tertiary/aromatic N) is 4. The molecule has 9 nitrogen and oxygen atoms in total. The largest absolute Gasteiger partial charge is 0.486 e. The number of halogens is 1. The minimum absolute atomic E-state index is 0.0363. The van der Waals surface area contributed by atoms with Crippen LogP contribution in [-0.4, -0.2) is 57.7 Å². The zero-order chi connectivity index (χ0) is 27.3. The highest BCUT2D eigenvalue weighted by Crippen LogP contribution is 2.33. The van der Waals surface area contributed by atoms with E-state index in [-0.39, 0.29) is 18.2 Å². The van der Waals surface area contributed by atoms with E-state index in [4.69, 9.17) is 21.1 Å². The van der Waals surface area contributed by atoms with Crippen LogP contribution >= 0.6 is 22.9 Å². The first kappa shape index (κ1) is 26.3. The lowest BCUT2D eigenvalue weighted by molar-refractivity contribution is 0.0763. The van der Waals surface area contributed by atoms with Crippen LogP contribution in [0.25, 0.3) is 10.2 Å². The number of carbonyl (C=O) groups is 1. The number of ether oxygens (including phenoxy) is 2. The Labute approximate surface area is 240 Å². The molecule has 204 valence electrons. The monoisotopic (exact) mass is 574 g/mol. The molecule has 1 amide bonds. The Morgan fingerprint density at radius 3 is 2.90 bits per heavy atom. The minimum Gasteiger partial charge on any atom is -0.486 e. The molecule has 2 aliphatic heterocycles. The average molecular weight is 575 g/mol. The summed E-state index contributed by atoms with van der Waals surface area (Å²) in [7, 11) is 0. The Balaban J connectivity index is 1.09. The maximum Gasteiger partial charge on any atom is 0.410 e. The maximum atomic E-state index is 12.3. The summed E-state index contributed by atoms with van der Waals surface area (Å²) in [5.41, 5.74) is 2.41. The molecule has 0 saturated carbocycles. The molecule has 0 unspecified atom stereocenters. The number of nitrogens with one attached hydrogen (secondary N) is 2. The van der Waals surface area contributed by atoms with Gasteiger partial charge in [-0.1, -0.05) is 29.5 Å². The van der Waals surface area contributed by atoms with Crippen LogP contribution in [0, 0.1) is 11.8 Å². The smallest absolute Gasteiger partial charge is 0.410 e. The van der Waals surface area contributed by atoms with Crippen molar-refractivity contribution in [3.05, 3.63) is 70.6 Å². The van der Waals surface area contributed by atoms with E-state index in [1.165, 1.54) is 17.7 Å². The molecule has 3 aromatic heterocycles. The van der Waals surface area contributed by atoms with Crippen molar-refractivity contribution in [2.24, 2.45) is 0 Å². The van der Waals surface area contributed by atoms with Gasteiger partial charge in [0.15, 0.2) is 5.82 Å². The highest BCUT2D eigenvalue weighted by atomic mass is 35.5.